The van der Waals surface area contributed by atoms with Crippen LogP contribution >= 0.6 is 12.4 Å². The summed E-state index contributed by atoms with van der Waals surface area (Å²) in [5.41, 5.74) is 3.48. The molecule has 1 aliphatic rings. The lowest BCUT2D eigenvalue weighted by atomic mass is 10.1. The van der Waals surface area contributed by atoms with Gasteiger partial charge in [0, 0.05) is 19.6 Å². The minimum absolute atomic E-state index is 0. The molecule has 1 heterocycles. The molecule has 4 nitrogen and oxygen atoms in total. The van der Waals surface area contributed by atoms with Crippen LogP contribution in [-0.4, -0.2) is 54.6 Å². The van der Waals surface area contributed by atoms with Gasteiger partial charge in [-0.05, 0) is 45.7 Å². The van der Waals surface area contributed by atoms with E-state index < -0.39 is 6.10 Å². The molecule has 0 saturated carbocycles. The molecule has 1 saturated heterocycles. The summed E-state index contributed by atoms with van der Waals surface area (Å²) >= 11 is 0. The van der Waals surface area contributed by atoms with Crippen molar-refractivity contribution in [2.75, 3.05) is 26.2 Å². The van der Waals surface area contributed by atoms with Crippen LogP contribution in [0, 0.1) is 20.8 Å². The first-order valence-corrected chi connectivity index (χ1v) is 8.11. The van der Waals surface area contributed by atoms with Crippen LogP contribution in [0.1, 0.15) is 30.5 Å². The summed E-state index contributed by atoms with van der Waals surface area (Å²) < 4.78 is 11.6. The number of aliphatic hydroxyl groups excluding tert-OH is 1. The third-order valence-corrected chi connectivity index (χ3v) is 3.99. The highest BCUT2D eigenvalue weighted by molar-refractivity contribution is 5.85. The van der Waals surface area contributed by atoms with E-state index in [1.165, 1.54) is 5.56 Å². The zero-order valence-corrected chi connectivity index (χ0v) is 15.7. The highest BCUT2D eigenvalue weighted by atomic mass is 35.5. The number of ether oxygens (including phenoxy) is 2. The monoisotopic (exact) mass is 343 g/mol. The van der Waals surface area contributed by atoms with E-state index in [9.17, 15) is 5.11 Å². The molecule has 1 aromatic rings. The fourth-order valence-electron chi connectivity index (χ4n) is 3.36. The van der Waals surface area contributed by atoms with Crippen LogP contribution in [0.25, 0.3) is 0 Å². The molecule has 23 heavy (non-hydrogen) atoms. The summed E-state index contributed by atoms with van der Waals surface area (Å²) in [7, 11) is 0. The SMILES string of the molecule is Cc1cc(C)c(OCC(O)CN2CC(C)OC(C)C2)c(C)c1.Cl. The van der Waals surface area contributed by atoms with E-state index >= 15 is 0 Å². The van der Waals surface area contributed by atoms with Crippen molar-refractivity contribution >= 4 is 12.4 Å². The Labute approximate surface area is 146 Å². The fraction of sp³-hybridized carbons (Fsp3) is 0.667. The van der Waals surface area contributed by atoms with Gasteiger partial charge in [-0.3, -0.25) is 4.90 Å². The first kappa shape index (κ1) is 20.2. The summed E-state index contributed by atoms with van der Waals surface area (Å²) in [5.74, 6) is 0.897. The van der Waals surface area contributed by atoms with E-state index in [0.717, 1.165) is 30.0 Å². The fourth-order valence-corrected chi connectivity index (χ4v) is 3.36. The van der Waals surface area contributed by atoms with E-state index in [1.54, 1.807) is 0 Å². The van der Waals surface area contributed by atoms with Gasteiger partial charge in [0.2, 0.25) is 0 Å². The van der Waals surface area contributed by atoms with E-state index in [-0.39, 0.29) is 24.6 Å². The largest absolute Gasteiger partial charge is 0.490 e. The van der Waals surface area contributed by atoms with Gasteiger partial charge >= 0.3 is 0 Å². The molecule has 5 heteroatoms. The van der Waals surface area contributed by atoms with Gasteiger partial charge in [0.15, 0.2) is 0 Å². The lowest BCUT2D eigenvalue weighted by molar-refractivity contribution is -0.0787. The zero-order valence-electron chi connectivity index (χ0n) is 14.8. The van der Waals surface area contributed by atoms with Crippen LogP contribution < -0.4 is 4.74 Å². The molecule has 1 N–H and O–H groups in total. The molecule has 0 aromatic heterocycles. The Balaban J connectivity index is 0.00000264. The number of aliphatic hydroxyl groups is 1. The van der Waals surface area contributed by atoms with Gasteiger partial charge in [-0.15, -0.1) is 12.4 Å². The first-order valence-electron chi connectivity index (χ1n) is 8.11. The minimum atomic E-state index is -0.488. The van der Waals surface area contributed by atoms with Crippen LogP contribution in [0.5, 0.6) is 5.75 Å². The Bertz CT molecular complexity index is 476. The van der Waals surface area contributed by atoms with Gasteiger partial charge in [-0.1, -0.05) is 17.7 Å². The smallest absolute Gasteiger partial charge is 0.125 e. The van der Waals surface area contributed by atoms with Crippen LogP contribution in [0.3, 0.4) is 0 Å². The Morgan fingerprint density at radius 1 is 1.17 bits per heavy atom. The van der Waals surface area contributed by atoms with Crippen LogP contribution in [0.4, 0.5) is 0 Å². The van der Waals surface area contributed by atoms with Crippen molar-refractivity contribution in [3.05, 3.63) is 28.8 Å². The summed E-state index contributed by atoms with van der Waals surface area (Å²) in [6.07, 6.45) is -0.0467. The number of benzene rings is 1. The van der Waals surface area contributed by atoms with Crippen LogP contribution in [0.2, 0.25) is 0 Å². The van der Waals surface area contributed by atoms with Crippen molar-refractivity contribution in [3.63, 3.8) is 0 Å². The third-order valence-electron chi connectivity index (χ3n) is 3.99. The third kappa shape index (κ3) is 5.96. The molecule has 2 rings (SSSR count). The number of morpholine rings is 1. The lowest BCUT2D eigenvalue weighted by Crippen LogP contribution is -2.48. The highest BCUT2D eigenvalue weighted by Gasteiger charge is 2.24. The molecule has 3 unspecified atom stereocenters. The van der Waals surface area contributed by atoms with Crippen molar-refractivity contribution in [2.45, 2.75) is 52.9 Å². The summed E-state index contributed by atoms with van der Waals surface area (Å²) in [6, 6.07) is 4.22. The molecule has 0 aliphatic carbocycles. The molecular weight excluding hydrogens is 314 g/mol. The highest BCUT2D eigenvalue weighted by Crippen LogP contribution is 2.24. The second-order valence-corrected chi connectivity index (χ2v) is 6.67. The lowest BCUT2D eigenvalue weighted by Gasteiger charge is -2.36. The van der Waals surface area contributed by atoms with Gasteiger partial charge in [-0.25, -0.2) is 0 Å². The number of aryl methyl sites for hydroxylation is 3. The average molecular weight is 344 g/mol. The summed E-state index contributed by atoms with van der Waals surface area (Å²) in [4.78, 5) is 2.25. The topological polar surface area (TPSA) is 41.9 Å². The maximum absolute atomic E-state index is 10.3. The second-order valence-electron chi connectivity index (χ2n) is 6.67. The van der Waals surface area contributed by atoms with Gasteiger partial charge in [0.1, 0.15) is 18.5 Å². The summed E-state index contributed by atoms with van der Waals surface area (Å²) in [5, 5.41) is 10.3. The molecule has 0 radical (unpaired) electrons. The summed E-state index contributed by atoms with van der Waals surface area (Å²) in [6.45, 7) is 13.0. The molecule has 1 aromatic carbocycles. The molecule has 132 valence electrons. The molecule has 0 spiro atoms. The van der Waals surface area contributed by atoms with E-state index in [1.807, 2.05) is 13.8 Å². The normalized spacial score (nSPS) is 23.2. The van der Waals surface area contributed by atoms with Crippen molar-refractivity contribution in [2.24, 2.45) is 0 Å². The number of nitrogens with zero attached hydrogens (tertiary/aromatic N) is 1. The minimum Gasteiger partial charge on any atom is -0.490 e. The number of β-amino-alcohol motifs (C(OH)–C–C–N with tert-alkyl or cyclic N) is 1. The van der Waals surface area contributed by atoms with E-state index in [4.69, 9.17) is 9.47 Å². The standard InChI is InChI=1S/C18H29NO3.ClH/c1-12-6-13(2)18(14(3)7-12)21-11-17(20)10-19-8-15(4)22-16(5)9-19;/h6-7,15-17,20H,8-11H2,1-5H3;1H. The molecule has 0 amide bonds. The Morgan fingerprint density at radius 2 is 1.70 bits per heavy atom. The van der Waals surface area contributed by atoms with Crippen LogP contribution in [0.15, 0.2) is 12.1 Å². The predicted molar refractivity (Wildman–Crippen MR) is 95.9 cm³/mol. The maximum Gasteiger partial charge on any atom is 0.125 e. The zero-order chi connectivity index (χ0) is 16.3. The second kappa shape index (κ2) is 8.88. The Kier molecular flexibility index (Phi) is 7.81. The molecule has 0 bridgehead atoms. The Morgan fingerprint density at radius 3 is 2.22 bits per heavy atom. The van der Waals surface area contributed by atoms with Crippen molar-refractivity contribution in [3.8, 4) is 5.75 Å². The average Bonchev–Trinajstić information content (AvgIpc) is 2.35. The van der Waals surface area contributed by atoms with Gasteiger partial charge in [0.25, 0.3) is 0 Å². The Hall–Kier alpha value is -0.810. The number of hydrogen-bond acceptors (Lipinski definition) is 4. The van der Waals surface area contributed by atoms with E-state index in [2.05, 4.69) is 37.8 Å². The van der Waals surface area contributed by atoms with Crippen molar-refractivity contribution in [1.82, 2.24) is 4.90 Å². The molecular formula is C18H30ClNO3. The number of rotatable bonds is 5. The van der Waals surface area contributed by atoms with Gasteiger partial charge < -0.3 is 14.6 Å². The molecule has 1 fully saturated rings. The number of hydrogen-bond donors (Lipinski definition) is 1. The molecule has 1 aliphatic heterocycles. The predicted octanol–water partition coefficient (Wildman–Crippen LogP) is 2.88. The quantitative estimate of drug-likeness (QED) is 0.892. The molecule has 3 atom stereocenters. The van der Waals surface area contributed by atoms with E-state index in [0.29, 0.717) is 13.2 Å². The van der Waals surface area contributed by atoms with Crippen molar-refractivity contribution in [1.29, 1.82) is 0 Å². The first-order chi connectivity index (χ1) is 10.3. The number of halogens is 1. The van der Waals surface area contributed by atoms with Gasteiger partial charge in [0.05, 0.1) is 12.2 Å². The van der Waals surface area contributed by atoms with Crippen molar-refractivity contribution < 1.29 is 14.6 Å². The maximum atomic E-state index is 10.3. The van der Waals surface area contributed by atoms with Gasteiger partial charge in [-0.2, -0.15) is 0 Å². The van der Waals surface area contributed by atoms with Crippen LogP contribution in [-0.2, 0) is 4.74 Å².